The molecule has 87 heavy (non-hydrogen) atoms. The van der Waals surface area contributed by atoms with Crippen molar-refractivity contribution < 1.29 is 40.9 Å². The van der Waals surface area contributed by atoms with Gasteiger partial charge in [-0.2, -0.15) is 4.98 Å². The molecule has 2 aromatic heterocycles. The van der Waals surface area contributed by atoms with E-state index in [1.165, 1.54) is 64.0 Å². The monoisotopic (exact) mass is 1220 g/mol. The number of para-hydroxylation sites is 2. The minimum Gasteiger partial charge on any atom is -0.350 e. The van der Waals surface area contributed by atoms with Gasteiger partial charge in [-0.25, -0.2) is 51.9 Å². The van der Waals surface area contributed by atoms with Crippen molar-refractivity contribution >= 4 is 63.6 Å². The fourth-order valence-electron chi connectivity index (χ4n) is 10.4. The van der Waals surface area contributed by atoms with E-state index in [1.807, 2.05) is 52.5 Å². The minimum absolute atomic E-state index is 0.0332. The lowest BCUT2D eigenvalue weighted by molar-refractivity contribution is 0.0934. The predicted molar refractivity (Wildman–Crippen MR) is 331 cm³/mol. The van der Waals surface area contributed by atoms with Crippen LogP contribution < -0.4 is 41.3 Å². The molecule has 6 heterocycles. The van der Waals surface area contributed by atoms with Gasteiger partial charge in [-0.3, -0.25) is 18.7 Å². The van der Waals surface area contributed by atoms with Crippen LogP contribution in [0.1, 0.15) is 110 Å². The summed E-state index contributed by atoms with van der Waals surface area (Å²) >= 11 is 0. The number of halogens is 4. The van der Waals surface area contributed by atoms with Crippen molar-refractivity contribution in [3.8, 4) is 22.5 Å². The zero-order valence-corrected chi connectivity index (χ0v) is 51.7. The molecule has 24 heteroatoms. The average molecular weight is 1220 g/mol. The van der Waals surface area contributed by atoms with Gasteiger partial charge in [0.25, 0.3) is 11.8 Å². The largest absolute Gasteiger partial charge is 0.350 e. The summed E-state index contributed by atoms with van der Waals surface area (Å²) in [5.74, 6) is -3.79. The Morgan fingerprint density at radius 1 is 0.598 bits per heavy atom. The van der Waals surface area contributed by atoms with Crippen LogP contribution in [0.2, 0.25) is 0 Å². The van der Waals surface area contributed by atoms with E-state index in [0.29, 0.717) is 63.8 Å². The van der Waals surface area contributed by atoms with E-state index in [-0.39, 0.29) is 53.8 Å². The smallest absolute Gasteiger partial charge is 0.328 e. The van der Waals surface area contributed by atoms with Gasteiger partial charge in [0, 0.05) is 104 Å². The average Bonchev–Trinajstić information content (AvgIpc) is 0.889. The topological polar surface area (TPSA) is 213 Å². The molecule has 4 aromatic carbocycles. The van der Waals surface area contributed by atoms with Gasteiger partial charge in [-0.15, -0.1) is 0 Å². The highest BCUT2D eigenvalue weighted by molar-refractivity contribution is 7.84. The van der Waals surface area contributed by atoms with Crippen molar-refractivity contribution in [1.29, 1.82) is 0 Å². The first-order valence-electron chi connectivity index (χ1n) is 29.6. The minimum atomic E-state index is -1.68. The molecule has 10 rings (SSSR count). The highest BCUT2D eigenvalue weighted by atomic mass is 32.2. The first-order chi connectivity index (χ1) is 41.7. The molecule has 0 radical (unpaired) electrons. The predicted octanol–water partition coefficient (Wildman–Crippen LogP) is 9.81. The summed E-state index contributed by atoms with van der Waals surface area (Å²) in [6, 6.07) is 15.6. The van der Waals surface area contributed by atoms with E-state index in [1.54, 1.807) is 30.3 Å². The number of piperazine rings is 2. The van der Waals surface area contributed by atoms with E-state index < -0.39 is 57.5 Å². The molecule has 2 saturated heterocycles. The van der Waals surface area contributed by atoms with Crippen LogP contribution in [0.4, 0.5) is 56.1 Å². The Hall–Kier alpha value is -7.93. The SMILES string of the molecule is CCCCN1CCN(c2nc(-c3cc(C(=O)NC(C)C)ccc3C)c3c(n2)N(c2c(F)cccc2F)C(=O)NC3)CC1.CCCCN1CCNCC1.Cc1ccc(C(=O)NC(C)C)cc1-c1nc(S(C)=O)nc2c1CNC(=O)N2c1c(F)cccc1F. The Morgan fingerprint density at radius 2 is 1.02 bits per heavy atom. The van der Waals surface area contributed by atoms with E-state index >= 15 is 8.78 Å². The van der Waals surface area contributed by atoms with Gasteiger partial charge in [0.2, 0.25) is 11.1 Å². The molecular formula is C63H78F4N14O5S. The van der Waals surface area contributed by atoms with Gasteiger partial charge in [0.05, 0.1) is 35.3 Å². The molecule has 2 fully saturated rings. The number of aryl methyl sites for hydroxylation is 2. The van der Waals surface area contributed by atoms with Crippen molar-refractivity contribution in [2.45, 2.75) is 111 Å². The Labute approximate surface area is 508 Å². The number of rotatable bonds is 16. The number of unbranched alkanes of at least 4 members (excludes halogenated alkanes) is 2. The maximum Gasteiger partial charge on any atom is 0.328 e. The standard InChI is InChI=1S/C31H37F2N7O2.C24H23F2N5O3S.C8H18N2/c1-5-6-12-38-13-15-39(16-14-38)30-36-26(22-17-21(11-10-20(22)4)29(41)35-19(2)3)23-18-34-31(42)40(28(23)37-30)27-24(32)8-7-9-25(27)33;1-12(2)28-22(32)14-9-8-13(3)15(10-14)19-16-11-27-24(33)31(20-17(25)6-5-7-18(20)26)21(16)30-23(29-19)35(4)34;1-2-3-6-10-7-4-9-5-8-10/h7-11,17,19H,5-6,12-16,18H2,1-4H3,(H,34,42)(H,35,41);5-10,12H,11H2,1-4H3,(H,27,33)(H,28,32);9H,2-8H2,1H3. The van der Waals surface area contributed by atoms with Crippen LogP contribution in [0.3, 0.4) is 0 Å². The summed E-state index contributed by atoms with van der Waals surface area (Å²) < 4.78 is 71.9. The number of nitrogens with one attached hydrogen (secondary N) is 5. The molecule has 0 aliphatic carbocycles. The number of hydrogen-bond acceptors (Lipinski definition) is 13. The first kappa shape index (κ1) is 65.1. The molecule has 5 N–H and O–H groups in total. The van der Waals surface area contributed by atoms with E-state index in [0.717, 1.165) is 77.7 Å². The molecule has 1 atom stereocenters. The van der Waals surface area contributed by atoms with E-state index in [9.17, 15) is 32.2 Å². The van der Waals surface area contributed by atoms with Crippen LogP contribution in [0.15, 0.2) is 78.0 Å². The fourth-order valence-corrected chi connectivity index (χ4v) is 10.9. The van der Waals surface area contributed by atoms with Gasteiger partial charge in [0.15, 0.2) is 11.6 Å². The Morgan fingerprint density at radius 3 is 1.45 bits per heavy atom. The third-order valence-corrected chi connectivity index (χ3v) is 15.7. The normalized spacial score (nSPS) is 15.6. The fraction of sp³-hybridized carbons (Fsp3) is 0.429. The third-order valence-electron chi connectivity index (χ3n) is 15.1. The van der Waals surface area contributed by atoms with Crippen LogP contribution in [0.25, 0.3) is 22.5 Å². The summed E-state index contributed by atoms with van der Waals surface area (Å²) in [5.41, 5.74) is 4.23. The molecule has 4 aliphatic heterocycles. The van der Waals surface area contributed by atoms with Crippen molar-refractivity contribution in [2.24, 2.45) is 0 Å². The number of aromatic nitrogens is 4. The zero-order chi connectivity index (χ0) is 62.6. The quantitative estimate of drug-likeness (QED) is 0.0452. The zero-order valence-electron chi connectivity index (χ0n) is 50.9. The van der Waals surface area contributed by atoms with Gasteiger partial charge in [0.1, 0.15) is 34.6 Å². The van der Waals surface area contributed by atoms with Crippen molar-refractivity contribution in [1.82, 2.24) is 56.3 Å². The molecule has 0 saturated carbocycles. The Balaban J connectivity index is 0.000000197. The highest BCUT2D eigenvalue weighted by Gasteiger charge is 2.37. The van der Waals surface area contributed by atoms with Crippen LogP contribution in [-0.2, 0) is 23.9 Å². The summed E-state index contributed by atoms with van der Waals surface area (Å²) in [5, 5.41) is 14.3. The Bertz CT molecular complexity index is 3470. The van der Waals surface area contributed by atoms with Crippen LogP contribution in [0, 0.1) is 37.1 Å². The lowest BCUT2D eigenvalue weighted by atomic mass is 9.97. The second-order valence-corrected chi connectivity index (χ2v) is 23.6. The van der Waals surface area contributed by atoms with Gasteiger partial charge in [-0.05, 0) is 127 Å². The number of amides is 6. The number of carbonyl (C=O) groups excluding carboxylic acids is 4. The molecule has 19 nitrogen and oxygen atoms in total. The number of hydrogen-bond donors (Lipinski definition) is 5. The first-order valence-corrected chi connectivity index (χ1v) is 31.2. The lowest BCUT2D eigenvalue weighted by Crippen LogP contribution is -2.48. The van der Waals surface area contributed by atoms with Gasteiger partial charge >= 0.3 is 12.1 Å². The molecule has 6 amide bonds. The van der Waals surface area contributed by atoms with Crippen LogP contribution in [0.5, 0.6) is 0 Å². The molecule has 4 aliphatic rings. The molecule has 1 unspecified atom stereocenters. The number of benzene rings is 4. The maximum absolute atomic E-state index is 15.1. The number of urea groups is 2. The summed E-state index contributed by atoms with van der Waals surface area (Å²) in [4.78, 5) is 78.7. The molecule has 6 aromatic rings. The number of nitrogens with zero attached hydrogens (tertiary/aromatic N) is 9. The molecule has 0 bridgehead atoms. The summed E-state index contributed by atoms with van der Waals surface area (Å²) in [6.45, 7) is 25.8. The van der Waals surface area contributed by atoms with E-state index in [4.69, 9.17) is 9.97 Å². The summed E-state index contributed by atoms with van der Waals surface area (Å²) in [7, 11) is -1.68. The third kappa shape index (κ3) is 15.6. The number of anilines is 5. The van der Waals surface area contributed by atoms with Gasteiger partial charge < -0.3 is 36.4 Å². The van der Waals surface area contributed by atoms with Crippen molar-refractivity contribution in [3.63, 3.8) is 0 Å². The summed E-state index contributed by atoms with van der Waals surface area (Å²) in [6.07, 6.45) is 6.29. The van der Waals surface area contributed by atoms with Crippen molar-refractivity contribution in [3.05, 3.63) is 129 Å². The molecular weight excluding hydrogens is 1140 g/mol. The van der Waals surface area contributed by atoms with E-state index in [2.05, 4.69) is 60.2 Å². The second kappa shape index (κ2) is 29.6. The highest BCUT2D eigenvalue weighted by Crippen LogP contribution is 2.42. The Kier molecular flexibility index (Phi) is 22.2. The van der Waals surface area contributed by atoms with Gasteiger partial charge in [-0.1, -0.05) is 51.0 Å². The van der Waals surface area contributed by atoms with Crippen LogP contribution in [-0.4, -0.2) is 142 Å². The number of carbonyl (C=O) groups is 4. The van der Waals surface area contributed by atoms with Crippen molar-refractivity contribution in [2.75, 3.05) is 86.4 Å². The molecule has 464 valence electrons. The maximum atomic E-state index is 15.1. The second-order valence-electron chi connectivity index (χ2n) is 22.4. The molecule has 0 spiro atoms. The van der Waals surface area contributed by atoms with Crippen LogP contribution >= 0.6 is 0 Å². The number of fused-ring (bicyclic) bond motifs is 2. The lowest BCUT2D eigenvalue weighted by Gasteiger charge is -2.36.